The van der Waals surface area contributed by atoms with Crippen molar-refractivity contribution in [3.05, 3.63) is 29.3 Å². The fraction of sp³-hybridized carbons (Fsp3) is 0.562. The van der Waals surface area contributed by atoms with E-state index in [-0.39, 0.29) is 11.9 Å². The van der Waals surface area contributed by atoms with Crippen LogP contribution < -0.4 is 14.9 Å². The monoisotopic (exact) mass is 337 g/mol. The van der Waals surface area contributed by atoms with Crippen molar-refractivity contribution in [2.45, 2.75) is 31.7 Å². The highest BCUT2D eigenvalue weighted by atomic mass is 32.2. The lowest BCUT2D eigenvalue weighted by molar-refractivity contribution is 0.0930. The SMILES string of the molecule is CS(=O)(=O)N1CCCc2cc(C(=O)N[C@H]3CCCNC3)ccc21. The molecular weight excluding hydrogens is 314 g/mol. The summed E-state index contributed by atoms with van der Waals surface area (Å²) in [5.74, 6) is -0.0852. The van der Waals surface area contributed by atoms with Crippen molar-refractivity contribution in [2.75, 3.05) is 30.2 Å². The Labute approximate surface area is 137 Å². The van der Waals surface area contributed by atoms with Crippen molar-refractivity contribution in [3.8, 4) is 0 Å². The topological polar surface area (TPSA) is 78.5 Å². The maximum atomic E-state index is 12.4. The van der Waals surface area contributed by atoms with E-state index in [0.29, 0.717) is 17.8 Å². The Morgan fingerprint density at radius 3 is 2.87 bits per heavy atom. The first-order chi connectivity index (χ1) is 10.9. The zero-order valence-corrected chi connectivity index (χ0v) is 14.2. The molecule has 2 aliphatic heterocycles. The average Bonchev–Trinajstić information content (AvgIpc) is 2.53. The predicted octanol–water partition coefficient (Wildman–Crippen LogP) is 0.881. The van der Waals surface area contributed by atoms with E-state index in [9.17, 15) is 13.2 Å². The maximum Gasteiger partial charge on any atom is 0.251 e. The molecule has 0 radical (unpaired) electrons. The summed E-state index contributed by atoms with van der Waals surface area (Å²) >= 11 is 0. The number of amides is 1. The summed E-state index contributed by atoms with van der Waals surface area (Å²) in [6, 6.07) is 5.47. The van der Waals surface area contributed by atoms with Crippen molar-refractivity contribution >= 4 is 21.6 Å². The van der Waals surface area contributed by atoms with Crippen LogP contribution in [0.5, 0.6) is 0 Å². The molecule has 1 atom stereocenters. The number of hydrogen-bond acceptors (Lipinski definition) is 4. The third kappa shape index (κ3) is 3.67. The van der Waals surface area contributed by atoms with E-state index >= 15 is 0 Å². The highest BCUT2D eigenvalue weighted by Crippen LogP contribution is 2.29. The first kappa shape index (κ1) is 16.3. The number of sulfonamides is 1. The minimum Gasteiger partial charge on any atom is -0.348 e. The van der Waals surface area contributed by atoms with Gasteiger partial charge in [0.25, 0.3) is 5.91 Å². The molecule has 1 saturated heterocycles. The fourth-order valence-electron chi connectivity index (χ4n) is 3.29. The molecule has 1 aromatic carbocycles. The van der Waals surface area contributed by atoms with Gasteiger partial charge in [0.05, 0.1) is 11.9 Å². The minimum atomic E-state index is -3.27. The number of fused-ring (bicyclic) bond motifs is 1. The van der Waals surface area contributed by atoms with Gasteiger partial charge in [-0.15, -0.1) is 0 Å². The second-order valence-corrected chi connectivity index (χ2v) is 8.21. The Morgan fingerprint density at radius 2 is 2.17 bits per heavy atom. The van der Waals surface area contributed by atoms with Crippen LogP contribution in [0.15, 0.2) is 18.2 Å². The van der Waals surface area contributed by atoms with Crippen LogP contribution in [0, 0.1) is 0 Å². The molecule has 23 heavy (non-hydrogen) atoms. The number of piperidine rings is 1. The Morgan fingerprint density at radius 1 is 1.35 bits per heavy atom. The zero-order valence-electron chi connectivity index (χ0n) is 13.3. The molecule has 0 saturated carbocycles. The maximum absolute atomic E-state index is 12.4. The molecule has 2 aliphatic rings. The van der Waals surface area contributed by atoms with Gasteiger partial charge in [0.2, 0.25) is 10.0 Å². The number of carbonyl (C=O) groups excluding carboxylic acids is 1. The summed E-state index contributed by atoms with van der Waals surface area (Å²) < 4.78 is 25.2. The third-order valence-corrected chi connectivity index (χ3v) is 5.63. The third-order valence-electron chi connectivity index (χ3n) is 4.45. The number of nitrogens with zero attached hydrogens (tertiary/aromatic N) is 1. The first-order valence-electron chi connectivity index (χ1n) is 8.07. The molecule has 1 aromatic rings. The highest BCUT2D eigenvalue weighted by molar-refractivity contribution is 7.92. The van der Waals surface area contributed by atoms with Crippen LogP contribution in [-0.4, -0.2) is 46.3 Å². The first-order valence-corrected chi connectivity index (χ1v) is 9.92. The minimum absolute atomic E-state index is 0.0852. The van der Waals surface area contributed by atoms with Crippen LogP contribution in [-0.2, 0) is 16.4 Å². The van der Waals surface area contributed by atoms with E-state index < -0.39 is 10.0 Å². The summed E-state index contributed by atoms with van der Waals surface area (Å²) in [5.41, 5.74) is 2.23. The van der Waals surface area contributed by atoms with Crippen LogP contribution in [0.2, 0.25) is 0 Å². The Hall–Kier alpha value is -1.60. The second-order valence-electron chi connectivity index (χ2n) is 6.30. The molecule has 0 unspecified atom stereocenters. The van der Waals surface area contributed by atoms with Gasteiger partial charge in [-0.1, -0.05) is 0 Å². The van der Waals surface area contributed by atoms with Gasteiger partial charge in [-0.3, -0.25) is 9.10 Å². The average molecular weight is 337 g/mol. The van der Waals surface area contributed by atoms with E-state index in [1.807, 2.05) is 6.07 Å². The summed E-state index contributed by atoms with van der Waals surface area (Å²) in [6.45, 7) is 2.32. The Balaban J connectivity index is 1.79. The Bertz CT molecular complexity index is 697. The van der Waals surface area contributed by atoms with E-state index in [0.717, 1.165) is 44.3 Å². The van der Waals surface area contributed by atoms with Crippen LogP contribution in [0.3, 0.4) is 0 Å². The number of rotatable bonds is 3. The predicted molar refractivity (Wildman–Crippen MR) is 90.3 cm³/mol. The van der Waals surface area contributed by atoms with Crippen molar-refractivity contribution in [1.29, 1.82) is 0 Å². The number of hydrogen-bond donors (Lipinski definition) is 2. The van der Waals surface area contributed by atoms with Crippen LogP contribution in [0.4, 0.5) is 5.69 Å². The van der Waals surface area contributed by atoms with Gasteiger partial charge in [0, 0.05) is 24.7 Å². The molecule has 0 spiro atoms. The van der Waals surface area contributed by atoms with Gasteiger partial charge in [-0.25, -0.2) is 8.42 Å². The molecule has 3 rings (SSSR count). The molecule has 1 amide bonds. The van der Waals surface area contributed by atoms with Crippen molar-refractivity contribution in [2.24, 2.45) is 0 Å². The van der Waals surface area contributed by atoms with Gasteiger partial charge in [-0.05, 0) is 56.0 Å². The highest BCUT2D eigenvalue weighted by Gasteiger charge is 2.25. The number of benzene rings is 1. The molecule has 1 fully saturated rings. The summed E-state index contributed by atoms with van der Waals surface area (Å²) in [5, 5.41) is 6.33. The number of nitrogens with one attached hydrogen (secondary N) is 2. The van der Waals surface area contributed by atoms with Crippen LogP contribution >= 0.6 is 0 Å². The molecule has 126 valence electrons. The van der Waals surface area contributed by atoms with Crippen LogP contribution in [0.25, 0.3) is 0 Å². The van der Waals surface area contributed by atoms with Gasteiger partial charge in [-0.2, -0.15) is 0 Å². The van der Waals surface area contributed by atoms with E-state index in [4.69, 9.17) is 0 Å². The zero-order chi connectivity index (χ0) is 16.4. The van der Waals surface area contributed by atoms with E-state index in [2.05, 4.69) is 10.6 Å². The molecule has 6 nitrogen and oxygen atoms in total. The molecular formula is C16H23N3O3S. The lowest BCUT2D eigenvalue weighted by Crippen LogP contribution is -2.45. The Kier molecular flexibility index (Phi) is 4.59. The van der Waals surface area contributed by atoms with Gasteiger partial charge in [0.1, 0.15) is 0 Å². The van der Waals surface area contributed by atoms with Crippen molar-refractivity contribution < 1.29 is 13.2 Å². The van der Waals surface area contributed by atoms with Crippen molar-refractivity contribution in [1.82, 2.24) is 10.6 Å². The molecule has 0 aliphatic carbocycles. The van der Waals surface area contributed by atoms with Crippen LogP contribution in [0.1, 0.15) is 35.2 Å². The van der Waals surface area contributed by atoms with Gasteiger partial charge < -0.3 is 10.6 Å². The summed E-state index contributed by atoms with van der Waals surface area (Å²) in [7, 11) is -3.27. The standard InChI is InChI=1S/C16H23N3O3S/c1-23(21,22)19-9-3-4-12-10-13(6-7-15(12)19)16(20)18-14-5-2-8-17-11-14/h6-7,10,14,17H,2-5,8-9,11H2,1H3,(H,18,20)/t14-/m0/s1. The second kappa shape index (κ2) is 6.49. The van der Waals surface area contributed by atoms with E-state index in [1.54, 1.807) is 12.1 Å². The quantitative estimate of drug-likeness (QED) is 0.858. The molecule has 2 N–H and O–H groups in total. The summed E-state index contributed by atoms with van der Waals surface area (Å²) in [4.78, 5) is 12.4. The summed E-state index contributed by atoms with van der Waals surface area (Å²) in [6.07, 6.45) is 4.86. The largest absolute Gasteiger partial charge is 0.348 e. The smallest absolute Gasteiger partial charge is 0.251 e. The normalized spacial score (nSPS) is 21.6. The number of carbonyl (C=O) groups is 1. The molecule has 0 bridgehead atoms. The lowest BCUT2D eigenvalue weighted by Gasteiger charge is -2.29. The van der Waals surface area contributed by atoms with Crippen molar-refractivity contribution in [3.63, 3.8) is 0 Å². The van der Waals surface area contributed by atoms with Gasteiger partial charge >= 0.3 is 0 Å². The number of anilines is 1. The molecule has 2 heterocycles. The van der Waals surface area contributed by atoms with Gasteiger partial charge in [0.15, 0.2) is 0 Å². The number of aryl methyl sites for hydroxylation is 1. The fourth-order valence-corrected chi connectivity index (χ4v) is 4.29. The lowest BCUT2D eigenvalue weighted by atomic mass is 10.00. The molecule has 7 heteroatoms. The van der Waals surface area contributed by atoms with E-state index in [1.165, 1.54) is 10.6 Å². The molecule has 0 aromatic heterocycles.